The minimum absolute atomic E-state index is 0.146. The second-order valence-electron chi connectivity index (χ2n) is 3.98. The van der Waals surface area contributed by atoms with Crippen molar-refractivity contribution in [3.8, 4) is 5.75 Å². The lowest BCUT2D eigenvalue weighted by Crippen LogP contribution is -2.23. The monoisotopic (exact) mass is 253 g/mol. The second-order valence-corrected chi connectivity index (χ2v) is 4.93. The molecule has 0 saturated heterocycles. The quantitative estimate of drug-likeness (QED) is 0.845. The molecule has 0 saturated carbocycles. The molecule has 0 aliphatic carbocycles. The number of methoxy groups -OCH3 is 1. The van der Waals surface area contributed by atoms with E-state index in [1.54, 1.807) is 18.4 Å². The Labute approximate surface area is 106 Å². The Balaban J connectivity index is 2.19. The Morgan fingerprint density at radius 2 is 2.47 bits per heavy atom. The summed E-state index contributed by atoms with van der Waals surface area (Å²) in [5.41, 5.74) is 0. The van der Waals surface area contributed by atoms with Crippen LogP contribution in [0.25, 0.3) is 0 Å². The summed E-state index contributed by atoms with van der Waals surface area (Å²) in [5.74, 6) is 1.99. The van der Waals surface area contributed by atoms with Gasteiger partial charge in [0.2, 0.25) is 0 Å². The standard InChI is InChI=1S/C13H19NO2S/c1-3-7-14-12(10-5-4-8-16-10)13-11(15-2)6-9-17-13/h5-6,9,12,14H,3-4,7-8H2,1-2H3. The average molecular weight is 253 g/mol. The molecule has 2 rings (SSSR count). The summed E-state index contributed by atoms with van der Waals surface area (Å²) in [7, 11) is 1.71. The third-order valence-electron chi connectivity index (χ3n) is 2.75. The van der Waals surface area contributed by atoms with Crippen molar-refractivity contribution in [3.05, 3.63) is 28.2 Å². The lowest BCUT2D eigenvalue weighted by molar-refractivity contribution is 0.215. The fourth-order valence-electron chi connectivity index (χ4n) is 1.94. The van der Waals surface area contributed by atoms with Crippen LogP contribution in [0.5, 0.6) is 5.75 Å². The molecule has 1 aromatic heterocycles. The van der Waals surface area contributed by atoms with Gasteiger partial charge in [0.1, 0.15) is 17.6 Å². The Bertz CT molecular complexity index is 387. The van der Waals surface area contributed by atoms with E-state index in [-0.39, 0.29) is 6.04 Å². The molecule has 1 aliphatic heterocycles. The zero-order valence-electron chi connectivity index (χ0n) is 10.4. The van der Waals surface area contributed by atoms with Gasteiger partial charge < -0.3 is 14.8 Å². The van der Waals surface area contributed by atoms with Crippen LogP contribution < -0.4 is 10.1 Å². The lowest BCUT2D eigenvalue weighted by Gasteiger charge is -2.19. The predicted octanol–water partition coefficient (Wildman–Crippen LogP) is 3.10. The molecule has 1 atom stereocenters. The summed E-state index contributed by atoms with van der Waals surface area (Å²) in [6, 6.07) is 2.16. The van der Waals surface area contributed by atoms with Crippen molar-refractivity contribution >= 4 is 11.3 Å². The zero-order chi connectivity index (χ0) is 12.1. The molecule has 1 unspecified atom stereocenters. The number of rotatable bonds is 6. The average Bonchev–Trinajstić information content (AvgIpc) is 3.00. The topological polar surface area (TPSA) is 30.5 Å². The van der Waals surface area contributed by atoms with Gasteiger partial charge in [-0.25, -0.2) is 0 Å². The van der Waals surface area contributed by atoms with Crippen molar-refractivity contribution in [2.45, 2.75) is 25.8 Å². The van der Waals surface area contributed by atoms with Gasteiger partial charge in [-0.15, -0.1) is 11.3 Å². The fourth-order valence-corrected chi connectivity index (χ4v) is 2.88. The Morgan fingerprint density at radius 3 is 3.12 bits per heavy atom. The predicted molar refractivity (Wildman–Crippen MR) is 70.6 cm³/mol. The van der Waals surface area contributed by atoms with Crippen molar-refractivity contribution < 1.29 is 9.47 Å². The molecule has 1 aromatic rings. The summed E-state index contributed by atoms with van der Waals surface area (Å²) in [6.45, 7) is 3.94. The molecule has 4 heteroatoms. The Kier molecular flexibility index (Phi) is 4.45. The number of nitrogens with one attached hydrogen (secondary N) is 1. The highest BCUT2D eigenvalue weighted by Crippen LogP contribution is 2.36. The molecule has 0 spiro atoms. The first-order chi connectivity index (χ1) is 8.36. The lowest BCUT2D eigenvalue weighted by atomic mass is 10.1. The molecule has 17 heavy (non-hydrogen) atoms. The van der Waals surface area contributed by atoms with Crippen LogP contribution in [-0.2, 0) is 4.74 Å². The number of hydrogen-bond acceptors (Lipinski definition) is 4. The van der Waals surface area contributed by atoms with Gasteiger partial charge in [-0.05, 0) is 30.5 Å². The largest absolute Gasteiger partial charge is 0.496 e. The van der Waals surface area contributed by atoms with Crippen LogP contribution in [0.4, 0.5) is 0 Å². The van der Waals surface area contributed by atoms with Crippen molar-refractivity contribution in [1.29, 1.82) is 0 Å². The van der Waals surface area contributed by atoms with E-state index in [0.717, 1.165) is 37.5 Å². The minimum Gasteiger partial charge on any atom is -0.496 e. The van der Waals surface area contributed by atoms with Crippen LogP contribution in [0.15, 0.2) is 23.3 Å². The van der Waals surface area contributed by atoms with E-state index < -0.39 is 0 Å². The van der Waals surface area contributed by atoms with Gasteiger partial charge in [0.25, 0.3) is 0 Å². The van der Waals surface area contributed by atoms with Gasteiger partial charge in [-0.2, -0.15) is 0 Å². The molecule has 0 bridgehead atoms. The maximum atomic E-state index is 5.69. The molecule has 1 aliphatic rings. The highest BCUT2D eigenvalue weighted by Gasteiger charge is 2.24. The third kappa shape index (κ3) is 2.82. The summed E-state index contributed by atoms with van der Waals surface area (Å²) in [4.78, 5) is 1.20. The van der Waals surface area contributed by atoms with Crippen molar-refractivity contribution in [3.63, 3.8) is 0 Å². The minimum atomic E-state index is 0.146. The van der Waals surface area contributed by atoms with Gasteiger partial charge in [-0.3, -0.25) is 0 Å². The van der Waals surface area contributed by atoms with Crippen LogP contribution in [0.2, 0.25) is 0 Å². The first kappa shape index (κ1) is 12.5. The van der Waals surface area contributed by atoms with E-state index in [0.29, 0.717) is 0 Å². The molecule has 0 radical (unpaired) electrons. The molecule has 94 valence electrons. The molecule has 1 N–H and O–H groups in total. The van der Waals surface area contributed by atoms with Crippen molar-refractivity contribution in [2.75, 3.05) is 20.3 Å². The van der Waals surface area contributed by atoms with E-state index in [1.165, 1.54) is 4.88 Å². The number of hydrogen-bond donors (Lipinski definition) is 1. The van der Waals surface area contributed by atoms with Crippen LogP contribution in [0, 0.1) is 0 Å². The molecule has 2 heterocycles. The Morgan fingerprint density at radius 1 is 1.59 bits per heavy atom. The maximum Gasteiger partial charge on any atom is 0.134 e. The van der Waals surface area contributed by atoms with E-state index >= 15 is 0 Å². The first-order valence-electron chi connectivity index (χ1n) is 6.04. The fraction of sp³-hybridized carbons (Fsp3) is 0.538. The number of thiophene rings is 1. The van der Waals surface area contributed by atoms with E-state index in [1.807, 2.05) is 6.07 Å². The van der Waals surface area contributed by atoms with Gasteiger partial charge in [0.05, 0.1) is 18.6 Å². The van der Waals surface area contributed by atoms with Gasteiger partial charge in [0, 0.05) is 6.42 Å². The molecule has 0 aromatic carbocycles. The summed E-state index contributed by atoms with van der Waals surface area (Å²) in [6.07, 6.45) is 4.29. The van der Waals surface area contributed by atoms with Gasteiger partial charge in [0.15, 0.2) is 0 Å². The van der Waals surface area contributed by atoms with Crippen molar-refractivity contribution in [1.82, 2.24) is 5.32 Å². The summed E-state index contributed by atoms with van der Waals surface area (Å²) < 4.78 is 11.1. The smallest absolute Gasteiger partial charge is 0.134 e. The summed E-state index contributed by atoms with van der Waals surface area (Å²) >= 11 is 1.71. The first-order valence-corrected chi connectivity index (χ1v) is 6.92. The van der Waals surface area contributed by atoms with Crippen LogP contribution in [-0.4, -0.2) is 20.3 Å². The molecular formula is C13H19NO2S. The highest BCUT2D eigenvalue weighted by molar-refractivity contribution is 7.10. The van der Waals surface area contributed by atoms with Crippen LogP contribution in [0.3, 0.4) is 0 Å². The normalized spacial score (nSPS) is 16.5. The van der Waals surface area contributed by atoms with Crippen LogP contribution in [0.1, 0.15) is 30.7 Å². The second kappa shape index (κ2) is 6.07. The maximum absolute atomic E-state index is 5.69. The molecular weight excluding hydrogens is 234 g/mol. The highest BCUT2D eigenvalue weighted by atomic mass is 32.1. The van der Waals surface area contributed by atoms with E-state index in [4.69, 9.17) is 9.47 Å². The third-order valence-corrected chi connectivity index (χ3v) is 3.72. The molecule has 3 nitrogen and oxygen atoms in total. The van der Waals surface area contributed by atoms with E-state index in [2.05, 4.69) is 23.7 Å². The molecule has 0 fully saturated rings. The number of ether oxygens (including phenoxy) is 2. The van der Waals surface area contributed by atoms with E-state index in [9.17, 15) is 0 Å². The van der Waals surface area contributed by atoms with Crippen LogP contribution >= 0.6 is 11.3 Å². The van der Waals surface area contributed by atoms with Gasteiger partial charge >= 0.3 is 0 Å². The van der Waals surface area contributed by atoms with Gasteiger partial charge in [-0.1, -0.05) is 6.92 Å². The van der Waals surface area contributed by atoms with Crippen molar-refractivity contribution in [2.24, 2.45) is 0 Å². The Hall–Kier alpha value is -1.00. The zero-order valence-corrected chi connectivity index (χ0v) is 11.2. The summed E-state index contributed by atoms with van der Waals surface area (Å²) in [5, 5.41) is 5.59. The SMILES string of the molecule is CCCNC(C1=CCCO1)c1sccc1OC. The molecule has 0 amide bonds.